The zero-order chi connectivity index (χ0) is 27.0. The molecule has 1 saturated carbocycles. The second-order valence-electron chi connectivity index (χ2n) is 8.34. The van der Waals surface area contributed by atoms with Gasteiger partial charge in [-0.1, -0.05) is 0 Å². The lowest BCUT2D eigenvalue weighted by Gasteiger charge is -2.29. The van der Waals surface area contributed by atoms with Crippen molar-refractivity contribution >= 4 is 16.7 Å². The van der Waals surface area contributed by atoms with E-state index in [1.54, 1.807) is 13.0 Å². The molecule has 4 rings (SSSR count). The van der Waals surface area contributed by atoms with E-state index in [4.69, 9.17) is 0 Å². The molecule has 9 nitrogen and oxygen atoms in total. The number of carbonyl (C=O) groups is 1. The lowest BCUT2D eigenvalue weighted by molar-refractivity contribution is -0.141. The average Bonchev–Trinajstić information content (AvgIpc) is 3.52. The maximum Gasteiger partial charge on any atom is 0.433 e. The summed E-state index contributed by atoms with van der Waals surface area (Å²) in [6.45, 7) is 1.73. The van der Waals surface area contributed by atoms with Crippen molar-refractivity contribution in [3.63, 3.8) is 0 Å². The lowest BCUT2D eigenvalue weighted by Crippen LogP contribution is -2.37. The monoisotopic (exact) mass is 547 g/mol. The van der Waals surface area contributed by atoms with Crippen molar-refractivity contribution in [2.24, 2.45) is 5.92 Å². The van der Waals surface area contributed by atoms with Gasteiger partial charge in [-0.15, -0.1) is 0 Å². The molecule has 0 N–H and O–H groups in total. The minimum absolute atomic E-state index is 0.0819. The van der Waals surface area contributed by atoms with Crippen molar-refractivity contribution in [2.45, 2.75) is 43.2 Å². The van der Waals surface area contributed by atoms with Gasteiger partial charge in [0.05, 0.1) is 16.8 Å². The van der Waals surface area contributed by atoms with Crippen LogP contribution < -0.4 is 0 Å². The summed E-state index contributed by atoms with van der Waals surface area (Å²) in [5.41, 5.74) is -2.22. The number of amides is 1. The number of aromatic nitrogens is 6. The van der Waals surface area contributed by atoms with Crippen molar-refractivity contribution in [3.05, 3.63) is 54.0 Å². The fourth-order valence-electron chi connectivity index (χ4n) is 3.50. The van der Waals surface area contributed by atoms with Crippen LogP contribution in [0.5, 0.6) is 0 Å². The van der Waals surface area contributed by atoms with Gasteiger partial charge in [-0.05, 0) is 43.9 Å². The first-order chi connectivity index (χ1) is 17.3. The molecule has 0 saturated heterocycles. The first-order valence-electron chi connectivity index (χ1n) is 10.9. The van der Waals surface area contributed by atoms with E-state index in [9.17, 15) is 35.3 Å². The van der Waals surface area contributed by atoms with Gasteiger partial charge >= 0.3 is 12.4 Å². The van der Waals surface area contributed by atoms with Gasteiger partial charge < -0.3 is 4.90 Å². The maximum absolute atomic E-state index is 13.6. The van der Waals surface area contributed by atoms with E-state index in [0.29, 0.717) is 12.1 Å². The third kappa shape index (κ3) is 6.47. The van der Waals surface area contributed by atoms with E-state index in [0.717, 1.165) is 12.8 Å². The van der Waals surface area contributed by atoms with Crippen molar-refractivity contribution in [3.8, 4) is 5.95 Å². The lowest BCUT2D eigenvalue weighted by atomic mass is 10.1. The molecule has 3 aromatic rings. The number of hydrogen-bond acceptors (Lipinski definition) is 7. The third-order valence-corrected chi connectivity index (χ3v) is 6.70. The topological polar surface area (TPSA) is 107 Å². The summed E-state index contributed by atoms with van der Waals surface area (Å²) in [5.74, 6) is -2.38. The molecule has 0 aromatic carbocycles. The molecular formula is C21H19F6N7O2S. The summed E-state index contributed by atoms with van der Waals surface area (Å²) in [7, 11) is -2.96. The minimum atomic E-state index is -5.09. The Kier molecular flexibility index (Phi) is 7.30. The zero-order valence-electron chi connectivity index (χ0n) is 19.1. The smallest absolute Gasteiger partial charge is 0.328 e. The van der Waals surface area contributed by atoms with Crippen LogP contribution in [0.15, 0.2) is 41.9 Å². The molecule has 3 aromatic heterocycles. The quantitative estimate of drug-likeness (QED) is 0.396. The van der Waals surface area contributed by atoms with Gasteiger partial charge in [0.2, 0.25) is 0 Å². The highest BCUT2D eigenvalue weighted by atomic mass is 32.2. The number of pyridine rings is 1. The Balaban J connectivity index is 1.73. The minimum Gasteiger partial charge on any atom is -0.328 e. The molecule has 16 heteroatoms. The summed E-state index contributed by atoms with van der Waals surface area (Å²) >= 11 is 0. The largest absolute Gasteiger partial charge is 0.433 e. The molecule has 2 atom stereocenters. The van der Waals surface area contributed by atoms with Crippen LogP contribution >= 0.6 is 0 Å². The second-order valence-corrected chi connectivity index (χ2v) is 9.74. The fraction of sp³-hybridized carbons (Fsp3) is 0.429. The summed E-state index contributed by atoms with van der Waals surface area (Å²) in [4.78, 5) is 30.3. The molecule has 3 heterocycles. The number of alkyl halides is 6. The number of halogens is 6. The highest BCUT2D eigenvalue weighted by Crippen LogP contribution is 2.35. The molecule has 1 amide bonds. The van der Waals surface area contributed by atoms with Gasteiger partial charge in [0.15, 0.2) is 5.82 Å². The first kappa shape index (κ1) is 26.6. The summed E-state index contributed by atoms with van der Waals surface area (Å²) in [5, 5.41) is 3.08. The average molecular weight is 547 g/mol. The normalized spacial score (nSPS) is 15.9. The van der Waals surface area contributed by atoms with Gasteiger partial charge in [0.25, 0.3) is 11.9 Å². The molecule has 198 valence electrons. The highest BCUT2D eigenvalue weighted by molar-refractivity contribution is 7.85. The van der Waals surface area contributed by atoms with E-state index < -0.39 is 57.1 Å². The number of hydrogen-bond donors (Lipinski definition) is 0. The second kappa shape index (κ2) is 10.1. The third-order valence-electron chi connectivity index (χ3n) is 5.44. The molecule has 1 aliphatic carbocycles. The first-order valence-corrected chi connectivity index (χ1v) is 12.2. The molecule has 0 bridgehead atoms. The van der Waals surface area contributed by atoms with Crippen molar-refractivity contribution < 1.29 is 35.3 Å². The summed E-state index contributed by atoms with van der Waals surface area (Å²) in [6, 6.07) is 1.88. The van der Waals surface area contributed by atoms with Gasteiger partial charge in [0.1, 0.15) is 22.8 Å². The molecule has 1 aliphatic rings. The fourth-order valence-corrected chi connectivity index (χ4v) is 4.41. The Morgan fingerprint density at radius 3 is 2.41 bits per heavy atom. The van der Waals surface area contributed by atoms with Crippen molar-refractivity contribution in [2.75, 3.05) is 12.3 Å². The molecule has 0 radical (unpaired) electrons. The standard InChI is InChI=1S/C21H19F6N7O2S/c1-12(17-30-11-31-34(17)19-28-5-2-6-29-19)33(9-13-3-4-13)18(35)14-7-15(21(25,26)27)32-16(8-14)37(36)10-20(22,23)24/h2,5-8,11-13H,3-4,9-10H2,1H3. The molecule has 0 spiro atoms. The zero-order valence-corrected chi connectivity index (χ0v) is 19.9. The molecule has 2 unspecified atom stereocenters. The van der Waals surface area contributed by atoms with Gasteiger partial charge in [0, 0.05) is 24.5 Å². The van der Waals surface area contributed by atoms with Crippen LogP contribution in [0.2, 0.25) is 0 Å². The Morgan fingerprint density at radius 2 is 1.81 bits per heavy atom. The van der Waals surface area contributed by atoms with E-state index in [1.165, 1.54) is 28.3 Å². The van der Waals surface area contributed by atoms with E-state index in [-0.39, 0.29) is 24.2 Å². The van der Waals surface area contributed by atoms with Gasteiger partial charge in [-0.2, -0.15) is 36.1 Å². The van der Waals surface area contributed by atoms with Crippen LogP contribution in [-0.4, -0.2) is 63.2 Å². The summed E-state index contributed by atoms with van der Waals surface area (Å²) in [6.07, 6.45) is -4.31. The number of nitrogens with zero attached hydrogens (tertiary/aromatic N) is 7. The Bertz CT molecular complexity index is 1290. The highest BCUT2D eigenvalue weighted by Gasteiger charge is 2.38. The Labute approximate surface area is 208 Å². The van der Waals surface area contributed by atoms with Crippen molar-refractivity contribution in [1.82, 2.24) is 34.6 Å². The molecular weight excluding hydrogens is 528 g/mol. The summed E-state index contributed by atoms with van der Waals surface area (Å²) < 4.78 is 92.3. The van der Waals surface area contributed by atoms with E-state index in [1.807, 2.05) is 0 Å². The van der Waals surface area contributed by atoms with Crippen LogP contribution in [0.4, 0.5) is 26.3 Å². The number of carbonyl (C=O) groups excluding carboxylic acids is 1. The van der Waals surface area contributed by atoms with E-state index in [2.05, 4.69) is 25.0 Å². The molecule has 0 aliphatic heterocycles. The SMILES string of the molecule is CC(c1ncnn1-c1ncccn1)N(CC1CC1)C(=O)c1cc(S(=O)CC(F)(F)F)nc(C(F)(F)F)c1. The molecule has 1 fully saturated rings. The Hall–Kier alpha value is -3.43. The molecule has 37 heavy (non-hydrogen) atoms. The van der Waals surface area contributed by atoms with Crippen LogP contribution in [0.1, 0.15) is 47.7 Å². The predicted molar refractivity (Wildman–Crippen MR) is 116 cm³/mol. The van der Waals surface area contributed by atoms with Crippen LogP contribution in [0, 0.1) is 5.92 Å². The van der Waals surface area contributed by atoms with Crippen LogP contribution in [0.3, 0.4) is 0 Å². The van der Waals surface area contributed by atoms with Crippen molar-refractivity contribution in [1.29, 1.82) is 0 Å². The van der Waals surface area contributed by atoms with Crippen LogP contribution in [-0.2, 0) is 17.0 Å². The predicted octanol–water partition coefficient (Wildman–Crippen LogP) is 3.75. The van der Waals surface area contributed by atoms with Gasteiger partial charge in [-0.25, -0.2) is 19.9 Å². The number of rotatable bonds is 8. The van der Waals surface area contributed by atoms with E-state index >= 15 is 0 Å². The van der Waals surface area contributed by atoms with Crippen LogP contribution in [0.25, 0.3) is 5.95 Å². The van der Waals surface area contributed by atoms with Gasteiger partial charge in [-0.3, -0.25) is 9.00 Å². The maximum atomic E-state index is 13.6. The Morgan fingerprint density at radius 1 is 1.14 bits per heavy atom.